The van der Waals surface area contributed by atoms with E-state index in [9.17, 15) is 4.79 Å². The number of fused-ring (bicyclic) bond motifs is 1. The first-order chi connectivity index (χ1) is 12.8. The molecule has 1 N–H and O–H groups in total. The molecule has 1 aliphatic rings. The van der Waals surface area contributed by atoms with E-state index in [0.717, 1.165) is 23.3 Å². The lowest BCUT2D eigenvalue weighted by atomic mass is 10.1. The van der Waals surface area contributed by atoms with E-state index >= 15 is 0 Å². The average molecular weight is 367 g/mol. The molecule has 0 radical (unpaired) electrons. The molecular formula is C20H21N3O2S. The number of benzene rings is 1. The number of nitrogens with zero attached hydrogens (tertiary/aromatic N) is 2. The summed E-state index contributed by atoms with van der Waals surface area (Å²) in [7, 11) is 0. The topological polar surface area (TPSA) is 68.0 Å². The lowest BCUT2D eigenvalue weighted by Crippen LogP contribution is -2.22. The Hall–Kier alpha value is -2.47. The van der Waals surface area contributed by atoms with Crippen LogP contribution in [-0.4, -0.2) is 16.0 Å². The van der Waals surface area contributed by atoms with Gasteiger partial charge in [-0.25, -0.2) is 0 Å². The standard InChI is InChI=1S/C20H21N3O2S/c24-20(17-12-15-9-5-2-6-10-16(15)26-17)21-13-19-22-18(23-25-19)11-14-7-3-1-4-8-14/h1,3-4,7-8,12H,2,5-6,9-11,13H2,(H,21,24). The van der Waals surface area contributed by atoms with Gasteiger partial charge in [-0.3, -0.25) is 4.79 Å². The second kappa shape index (κ2) is 7.83. The highest BCUT2D eigenvalue weighted by Gasteiger charge is 2.17. The number of hydrogen-bond donors (Lipinski definition) is 1. The molecule has 0 aliphatic heterocycles. The van der Waals surface area contributed by atoms with Crippen molar-refractivity contribution >= 4 is 17.2 Å². The lowest BCUT2D eigenvalue weighted by molar-refractivity contribution is 0.0950. The van der Waals surface area contributed by atoms with Crippen LogP contribution in [0.15, 0.2) is 40.9 Å². The molecule has 6 heteroatoms. The predicted molar refractivity (Wildman–Crippen MR) is 100 cm³/mol. The Labute approximate surface area is 156 Å². The minimum atomic E-state index is -0.0640. The average Bonchev–Trinajstić information content (AvgIpc) is 3.22. The number of amides is 1. The van der Waals surface area contributed by atoms with Crippen molar-refractivity contribution in [3.05, 3.63) is 69.0 Å². The molecule has 0 saturated carbocycles. The van der Waals surface area contributed by atoms with Crippen molar-refractivity contribution in [2.75, 3.05) is 0 Å². The van der Waals surface area contributed by atoms with Crippen LogP contribution in [0.5, 0.6) is 0 Å². The number of carbonyl (C=O) groups excluding carboxylic acids is 1. The van der Waals surface area contributed by atoms with Crippen molar-refractivity contribution in [1.29, 1.82) is 0 Å². The van der Waals surface area contributed by atoms with Crippen molar-refractivity contribution < 1.29 is 9.32 Å². The first-order valence-electron chi connectivity index (χ1n) is 9.03. The first-order valence-corrected chi connectivity index (χ1v) is 9.85. The molecule has 134 valence electrons. The molecule has 0 spiro atoms. The van der Waals surface area contributed by atoms with Gasteiger partial charge in [-0.1, -0.05) is 41.9 Å². The van der Waals surface area contributed by atoms with E-state index in [4.69, 9.17) is 4.52 Å². The Kier molecular flexibility index (Phi) is 5.11. The number of carbonyl (C=O) groups is 1. The summed E-state index contributed by atoms with van der Waals surface area (Å²) in [5.41, 5.74) is 2.48. The Morgan fingerprint density at radius 1 is 1.15 bits per heavy atom. The quantitative estimate of drug-likeness (QED) is 0.694. The van der Waals surface area contributed by atoms with Crippen LogP contribution in [-0.2, 0) is 25.8 Å². The van der Waals surface area contributed by atoms with Gasteiger partial charge >= 0.3 is 0 Å². The lowest BCUT2D eigenvalue weighted by Gasteiger charge is -1.99. The van der Waals surface area contributed by atoms with Crippen LogP contribution >= 0.6 is 11.3 Å². The van der Waals surface area contributed by atoms with Gasteiger partial charge in [-0.15, -0.1) is 11.3 Å². The Morgan fingerprint density at radius 3 is 2.88 bits per heavy atom. The Bertz CT molecular complexity index is 862. The number of thiophene rings is 1. The summed E-state index contributed by atoms with van der Waals surface area (Å²) < 4.78 is 5.25. The summed E-state index contributed by atoms with van der Waals surface area (Å²) in [5, 5.41) is 6.88. The zero-order chi connectivity index (χ0) is 17.8. The molecule has 1 amide bonds. The summed E-state index contributed by atoms with van der Waals surface area (Å²) >= 11 is 1.62. The molecule has 0 fully saturated rings. The van der Waals surface area contributed by atoms with Crippen molar-refractivity contribution in [2.24, 2.45) is 0 Å². The number of nitrogens with one attached hydrogen (secondary N) is 1. The van der Waals surface area contributed by atoms with Crippen molar-refractivity contribution in [1.82, 2.24) is 15.5 Å². The van der Waals surface area contributed by atoms with Crippen molar-refractivity contribution in [3.63, 3.8) is 0 Å². The van der Waals surface area contributed by atoms with Gasteiger partial charge in [0.1, 0.15) is 0 Å². The predicted octanol–water partition coefficient (Wildman–Crippen LogP) is 3.92. The summed E-state index contributed by atoms with van der Waals surface area (Å²) in [6.07, 6.45) is 6.53. The molecule has 2 aromatic heterocycles. The molecule has 3 aromatic rings. The molecule has 5 nitrogen and oxygen atoms in total. The van der Waals surface area contributed by atoms with Gasteiger partial charge in [0.15, 0.2) is 5.82 Å². The maximum Gasteiger partial charge on any atom is 0.261 e. The van der Waals surface area contributed by atoms with E-state index in [1.807, 2.05) is 30.3 Å². The molecule has 26 heavy (non-hydrogen) atoms. The van der Waals surface area contributed by atoms with Gasteiger partial charge < -0.3 is 9.84 Å². The zero-order valence-corrected chi connectivity index (χ0v) is 15.3. The molecular weight excluding hydrogens is 346 g/mol. The minimum absolute atomic E-state index is 0.0640. The molecule has 1 aliphatic carbocycles. The molecule has 2 heterocycles. The third-order valence-corrected chi connectivity index (χ3v) is 5.82. The molecule has 0 unspecified atom stereocenters. The largest absolute Gasteiger partial charge is 0.342 e. The maximum absolute atomic E-state index is 12.4. The van der Waals surface area contributed by atoms with E-state index in [1.54, 1.807) is 11.3 Å². The highest BCUT2D eigenvalue weighted by atomic mass is 32.1. The fourth-order valence-electron chi connectivity index (χ4n) is 3.23. The van der Waals surface area contributed by atoms with Crippen LogP contribution in [0.4, 0.5) is 0 Å². The molecule has 4 rings (SSSR count). The smallest absolute Gasteiger partial charge is 0.261 e. The summed E-state index contributed by atoms with van der Waals surface area (Å²) in [6, 6.07) is 12.1. The normalized spacial score (nSPS) is 13.8. The second-order valence-corrected chi connectivity index (χ2v) is 7.71. The van der Waals surface area contributed by atoms with Crippen molar-refractivity contribution in [3.8, 4) is 0 Å². The van der Waals surface area contributed by atoms with Gasteiger partial charge in [0, 0.05) is 11.3 Å². The van der Waals surface area contributed by atoms with Crippen LogP contribution in [0.3, 0.4) is 0 Å². The highest BCUT2D eigenvalue weighted by Crippen LogP contribution is 2.28. The van der Waals surface area contributed by atoms with Crippen LogP contribution < -0.4 is 5.32 Å². The second-order valence-electron chi connectivity index (χ2n) is 6.57. The molecule has 0 atom stereocenters. The number of hydrogen-bond acceptors (Lipinski definition) is 5. The van der Waals surface area contributed by atoms with Gasteiger partial charge in [-0.05, 0) is 42.9 Å². The fourth-order valence-corrected chi connectivity index (χ4v) is 4.40. The van der Waals surface area contributed by atoms with Gasteiger partial charge in [0.2, 0.25) is 5.89 Å². The maximum atomic E-state index is 12.4. The Morgan fingerprint density at radius 2 is 2.00 bits per heavy atom. The monoisotopic (exact) mass is 367 g/mol. The number of rotatable bonds is 5. The van der Waals surface area contributed by atoms with Crippen molar-refractivity contribution in [2.45, 2.75) is 45.1 Å². The van der Waals surface area contributed by atoms with Crippen LogP contribution in [0.1, 0.15) is 56.7 Å². The van der Waals surface area contributed by atoms with Gasteiger partial charge in [0.25, 0.3) is 5.91 Å². The SMILES string of the molecule is O=C(NCc1nc(Cc2ccccc2)no1)c1cc2c(s1)CCCCC2. The van der Waals surface area contributed by atoms with Gasteiger partial charge in [0.05, 0.1) is 11.4 Å². The third-order valence-electron chi connectivity index (χ3n) is 4.59. The van der Waals surface area contributed by atoms with E-state index in [1.165, 1.54) is 29.7 Å². The highest BCUT2D eigenvalue weighted by molar-refractivity contribution is 7.14. The third kappa shape index (κ3) is 4.02. The Balaban J connectivity index is 1.35. The van der Waals surface area contributed by atoms with E-state index in [-0.39, 0.29) is 12.5 Å². The summed E-state index contributed by atoms with van der Waals surface area (Å²) in [6.45, 7) is 0.253. The van der Waals surface area contributed by atoms with E-state index in [2.05, 4.69) is 21.5 Å². The minimum Gasteiger partial charge on any atom is -0.342 e. The fraction of sp³-hybridized carbons (Fsp3) is 0.350. The number of aryl methyl sites for hydroxylation is 2. The van der Waals surface area contributed by atoms with Crippen LogP contribution in [0, 0.1) is 0 Å². The zero-order valence-electron chi connectivity index (χ0n) is 14.5. The molecule has 0 saturated heterocycles. The van der Waals surface area contributed by atoms with Gasteiger partial charge in [-0.2, -0.15) is 4.98 Å². The first kappa shape index (κ1) is 17.0. The summed E-state index contributed by atoms with van der Waals surface area (Å²) in [4.78, 5) is 18.9. The molecule has 1 aromatic carbocycles. The summed E-state index contributed by atoms with van der Waals surface area (Å²) in [5.74, 6) is 0.997. The van der Waals surface area contributed by atoms with Crippen LogP contribution in [0.2, 0.25) is 0 Å². The number of aromatic nitrogens is 2. The van der Waals surface area contributed by atoms with E-state index < -0.39 is 0 Å². The molecule has 0 bridgehead atoms. The van der Waals surface area contributed by atoms with Crippen LogP contribution in [0.25, 0.3) is 0 Å². The van der Waals surface area contributed by atoms with E-state index in [0.29, 0.717) is 18.1 Å².